The molecule has 2 aliphatic heterocycles. The molecule has 2 saturated heterocycles. The molecule has 0 amide bonds. The van der Waals surface area contributed by atoms with E-state index in [2.05, 4.69) is 16.0 Å². The Morgan fingerprint density at radius 2 is 1.69 bits per heavy atom. The third-order valence-electron chi connectivity index (χ3n) is 4.83. The van der Waals surface area contributed by atoms with Crippen LogP contribution in [0.2, 0.25) is 0 Å². The van der Waals surface area contributed by atoms with Crippen molar-refractivity contribution in [1.29, 1.82) is 0 Å². The first-order chi connectivity index (χ1) is 12.4. The second kappa shape index (κ2) is 7.05. The Bertz CT molecular complexity index is 834. The summed E-state index contributed by atoms with van der Waals surface area (Å²) in [5.74, 6) is 0. The van der Waals surface area contributed by atoms with Crippen LogP contribution in [0.3, 0.4) is 0 Å². The zero-order chi connectivity index (χ0) is 18.3. The number of para-hydroxylation sites is 1. The number of hydrogen-bond donors (Lipinski definition) is 0. The van der Waals surface area contributed by atoms with E-state index in [-0.39, 0.29) is 12.2 Å². The summed E-state index contributed by atoms with van der Waals surface area (Å²) in [6, 6.07) is 8.08. The molecule has 0 N–H and O–H groups in total. The van der Waals surface area contributed by atoms with Crippen LogP contribution in [-0.4, -0.2) is 73.5 Å². The lowest BCUT2D eigenvalue weighted by Crippen LogP contribution is -2.57. The van der Waals surface area contributed by atoms with Crippen LogP contribution in [0.25, 0.3) is 10.2 Å². The lowest BCUT2D eigenvalue weighted by Gasteiger charge is -2.40. The minimum absolute atomic E-state index is 0.0717. The summed E-state index contributed by atoms with van der Waals surface area (Å²) in [5, 5.41) is 0.969. The van der Waals surface area contributed by atoms with E-state index < -0.39 is 10.2 Å². The fourth-order valence-electron chi connectivity index (χ4n) is 3.59. The topological polar surface area (TPSA) is 66.0 Å². The van der Waals surface area contributed by atoms with Crippen LogP contribution < -0.4 is 4.90 Å². The molecule has 0 aliphatic carbocycles. The maximum atomic E-state index is 13.0. The smallest absolute Gasteiger partial charge is 0.282 e. The highest BCUT2D eigenvalue weighted by molar-refractivity contribution is 7.86. The van der Waals surface area contributed by atoms with Crippen LogP contribution >= 0.6 is 11.3 Å². The summed E-state index contributed by atoms with van der Waals surface area (Å²) in [7, 11) is -3.44. The lowest BCUT2D eigenvalue weighted by molar-refractivity contribution is -0.0455. The number of anilines is 1. The number of benzene rings is 1. The molecule has 2 atom stereocenters. The molecule has 1 aromatic carbocycles. The van der Waals surface area contributed by atoms with Gasteiger partial charge in [0.25, 0.3) is 10.2 Å². The van der Waals surface area contributed by atoms with Crippen molar-refractivity contribution >= 4 is 36.9 Å². The van der Waals surface area contributed by atoms with Crippen LogP contribution in [0.15, 0.2) is 24.3 Å². The number of rotatable bonds is 3. The molecule has 2 fully saturated rings. The summed E-state index contributed by atoms with van der Waals surface area (Å²) < 4.78 is 36.0. The zero-order valence-corrected chi connectivity index (χ0v) is 16.7. The molecular weight excluding hydrogens is 372 g/mol. The van der Waals surface area contributed by atoms with Crippen LogP contribution in [0.4, 0.5) is 5.13 Å². The van der Waals surface area contributed by atoms with Crippen molar-refractivity contribution in [2.75, 3.05) is 44.2 Å². The van der Waals surface area contributed by atoms with Crippen molar-refractivity contribution in [3.63, 3.8) is 0 Å². The normalized spacial score (nSPS) is 26.5. The Balaban J connectivity index is 1.44. The van der Waals surface area contributed by atoms with Crippen molar-refractivity contribution in [2.45, 2.75) is 26.1 Å². The van der Waals surface area contributed by atoms with E-state index in [4.69, 9.17) is 4.74 Å². The standard InChI is InChI=1S/C17H24N4O3S2/c1-13-11-21(12-14(2)24-13)26(22,23)20-9-7-19(8-10-20)17-18-15-5-3-4-6-16(15)25-17/h3-6,13-14H,7-12H2,1-2H3/t13-,14-/m0/s1. The fourth-order valence-corrected chi connectivity index (χ4v) is 6.35. The predicted octanol–water partition coefficient (Wildman–Crippen LogP) is 1.77. The van der Waals surface area contributed by atoms with Gasteiger partial charge in [-0.25, -0.2) is 4.98 Å². The third-order valence-corrected chi connectivity index (χ3v) is 7.90. The molecule has 2 aromatic rings. The van der Waals surface area contributed by atoms with Crippen LogP contribution in [-0.2, 0) is 14.9 Å². The average molecular weight is 397 g/mol. The quantitative estimate of drug-likeness (QED) is 0.791. The van der Waals surface area contributed by atoms with E-state index in [1.165, 1.54) is 0 Å². The molecule has 26 heavy (non-hydrogen) atoms. The number of morpholine rings is 1. The Kier molecular flexibility index (Phi) is 4.91. The van der Waals surface area contributed by atoms with Gasteiger partial charge in [-0.15, -0.1) is 0 Å². The van der Waals surface area contributed by atoms with E-state index in [0.29, 0.717) is 39.3 Å². The number of thiazole rings is 1. The van der Waals surface area contributed by atoms with Crippen molar-refractivity contribution in [1.82, 2.24) is 13.6 Å². The lowest BCUT2D eigenvalue weighted by atomic mass is 10.3. The van der Waals surface area contributed by atoms with Crippen molar-refractivity contribution < 1.29 is 13.2 Å². The molecule has 0 spiro atoms. The minimum atomic E-state index is -3.44. The molecular formula is C17H24N4O3S2. The fraction of sp³-hybridized carbons (Fsp3) is 0.588. The van der Waals surface area contributed by atoms with E-state index in [1.807, 2.05) is 32.0 Å². The molecule has 2 aliphatic rings. The Morgan fingerprint density at radius 3 is 2.35 bits per heavy atom. The van der Waals surface area contributed by atoms with Crippen molar-refractivity contribution in [3.05, 3.63) is 24.3 Å². The molecule has 0 bridgehead atoms. The van der Waals surface area contributed by atoms with Gasteiger partial charge >= 0.3 is 0 Å². The van der Waals surface area contributed by atoms with Gasteiger partial charge in [-0.3, -0.25) is 0 Å². The first-order valence-electron chi connectivity index (χ1n) is 8.94. The first-order valence-corrected chi connectivity index (χ1v) is 11.2. The Labute approximate surface area is 158 Å². The third kappa shape index (κ3) is 3.46. The molecule has 0 radical (unpaired) electrons. The number of piperazine rings is 1. The van der Waals surface area contributed by atoms with Gasteiger partial charge in [-0.2, -0.15) is 17.0 Å². The SMILES string of the molecule is C[C@H]1CN(S(=O)(=O)N2CCN(c3nc4ccccc4s3)CC2)C[C@H](C)O1. The molecule has 4 rings (SSSR count). The largest absolute Gasteiger partial charge is 0.373 e. The van der Waals surface area contributed by atoms with E-state index in [0.717, 1.165) is 15.3 Å². The Hall–Kier alpha value is -1.26. The van der Waals surface area contributed by atoms with Crippen molar-refractivity contribution in [3.8, 4) is 0 Å². The molecule has 7 nitrogen and oxygen atoms in total. The van der Waals surface area contributed by atoms with Gasteiger partial charge in [-0.05, 0) is 26.0 Å². The Morgan fingerprint density at radius 1 is 1.04 bits per heavy atom. The van der Waals surface area contributed by atoms with Crippen LogP contribution in [0, 0.1) is 0 Å². The second-order valence-corrected chi connectivity index (χ2v) is 9.87. The monoisotopic (exact) mass is 396 g/mol. The first kappa shape index (κ1) is 18.1. The van der Waals surface area contributed by atoms with Gasteiger partial charge in [0, 0.05) is 39.3 Å². The number of fused-ring (bicyclic) bond motifs is 1. The van der Waals surface area contributed by atoms with Crippen LogP contribution in [0.5, 0.6) is 0 Å². The van der Waals surface area contributed by atoms with Gasteiger partial charge in [-0.1, -0.05) is 23.5 Å². The van der Waals surface area contributed by atoms with Gasteiger partial charge in [0.2, 0.25) is 0 Å². The highest BCUT2D eigenvalue weighted by atomic mass is 32.2. The number of aromatic nitrogens is 1. The number of hydrogen-bond acceptors (Lipinski definition) is 6. The zero-order valence-electron chi connectivity index (χ0n) is 15.0. The van der Waals surface area contributed by atoms with Crippen LogP contribution in [0.1, 0.15) is 13.8 Å². The molecule has 0 unspecified atom stereocenters. The van der Waals surface area contributed by atoms with Gasteiger partial charge in [0.05, 0.1) is 22.4 Å². The number of ether oxygens (including phenoxy) is 1. The van der Waals surface area contributed by atoms with E-state index in [9.17, 15) is 8.42 Å². The van der Waals surface area contributed by atoms with E-state index in [1.54, 1.807) is 19.9 Å². The average Bonchev–Trinajstić information content (AvgIpc) is 3.05. The highest BCUT2D eigenvalue weighted by Gasteiger charge is 2.37. The maximum absolute atomic E-state index is 13.0. The second-order valence-electron chi connectivity index (χ2n) is 6.93. The van der Waals surface area contributed by atoms with Crippen molar-refractivity contribution in [2.24, 2.45) is 0 Å². The molecule has 1 aromatic heterocycles. The van der Waals surface area contributed by atoms with Gasteiger partial charge < -0.3 is 9.64 Å². The maximum Gasteiger partial charge on any atom is 0.282 e. The summed E-state index contributed by atoms with van der Waals surface area (Å²) in [4.78, 5) is 6.86. The molecule has 3 heterocycles. The summed E-state index contributed by atoms with van der Waals surface area (Å²) in [6.45, 7) is 6.97. The summed E-state index contributed by atoms with van der Waals surface area (Å²) in [6.07, 6.45) is -0.143. The summed E-state index contributed by atoms with van der Waals surface area (Å²) >= 11 is 1.66. The van der Waals surface area contributed by atoms with E-state index >= 15 is 0 Å². The minimum Gasteiger partial charge on any atom is -0.373 e. The predicted molar refractivity (Wildman–Crippen MR) is 104 cm³/mol. The molecule has 142 valence electrons. The number of nitrogens with zero attached hydrogens (tertiary/aromatic N) is 4. The molecule has 0 saturated carbocycles. The highest BCUT2D eigenvalue weighted by Crippen LogP contribution is 2.29. The molecule has 9 heteroatoms. The van der Waals surface area contributed by atoms with Gasteiger partial charge in [0.1, 0.15) is 0 Å². The van der Waals surface area contributed by atoms with Gasteiger partial charge in [0.15, 0.2) is 5.13 Å². The summed E-state index contributed by atoms with van der Waals surface area (Å²) in [5.41, 5.74) is 0.999.